The highest BCUT2D eigenvalue weighted by Crippen LogP contribution is 2.16. The lowest BCUT2D eigenvalue weighted by molar-refractivity contribution is -0.116. The number of hydrogen-bond donors (Lipinski definition) is 1. The van der Waals surface area contributed by atoms with Crippen molar-refractivity contribution < 1.29 is 19.1 Å². The highest BCUT2D eigenvalue weighted by Gasteiger charge is 2.15. The fourth-order valence-corrected chi connectivity index (χ4v) is 2.23. The van der Waals surface area contributed by atoms with Gasteiger partial charge >= 0.3 is 5.97 Å². The number of rotatable bonds is 7. The first-order valence-corrected chi connectivity index (χ1v) is 7.95. The Hall–Kier alpha value is -3.09. The second-order valence-corrected chi connectivity index (χ2v) is 5.05. The van der Waals surface area contributed by atoms with Gasteiger partial charge in [0.1, 0.15) is 6.54 Å². The molecule has 7 nitrogen and oxygen atoms in total. The lowest BCUT2D eigenvalue weighted by Crippen LogP contribution is -2.28. The van der Waals surface area contributed by atoms with Gasteiger partial charge in [0, 0.05) is 6.20 Å². The predicted octanol–water partition coefficient (Wildman–Crippen LogP) is 2.06. The SMILES string of the molecule is CCOC(=O)c1ccccc1NC(=O)Cn1cccc(OCC)c1=O. The maximum atomic E-state index is 12.3. The van der Waals surface area contributed by atoms with E-state index in [-0.39, 0.29) is 24.5 Å². The molecule has 1 heterocycles. The standard InChI is InChI=1S/C18H20N2O5/c1-3-24-15-10-7-11-20(17(15)22)12-16(21)19-14-9-6-5-8-13(14)18(23)25-4-2/h5-11H,3-4,12H2,1-2H3,(H,19,21). The van der Waals surface area contributed by atoms with Gasteiger partial charge in [-0.05, 0) is 38.1 Å². The summed E-state index contributed by atoms with van der Waals surface area (Å²) in [5, 5.41) is 2.64. The molecule has 2 aromatic rings. The molecule has 0 saturated carbocycles. The van der Waals surface area contributed by atoms with Gasteiger partial charge in [-0.25, -0.2) is 4.79 Å². The predicted molar refractivity (Wildman–Crippen MR) is 92.9 cm³/mol. The summed E-state index contributed by atoms with van der Waals surface area (Å²) >= 11 is 0. The van der Waals surface area contributed by atoms with Crippen LogP contribution in [-0.4, -0.2) is 29.7 Å². The maximum Gasteiger partial charge on any atom is 0.340 e. The Kier molecular flexibility index (Phi) is 6.33. The van der Waals surface area contributed by atoms with Crippen LogP contribution in [0.15, 0.2) is 47.4 Å². The number of esters is 1. The van der Waals surface area contributed by atoms with Gasteiger partial charge in [-0.1, -0.05) is 12.1 Å². The third-order valence-corrected chi connectivity index (χ3v) is 3.30. The summed E-state index contributed by atoms with van der Waals surface area (Å²) in [6.45, 7) is 3.88. The van der Waals surface area contributed by atoms with Crippen LogP contribution in [0.25, 0.3) is 0 Å². The summed E-state index contributed by atoms with van der Waals surface area (Å²) in [7, 11) is 0. The van der Waals surface area contributed by atoms with Crippen molar-refractivity contribution in [2.45, 2.75) is 20.4 Å². The fourth-order valence-electron chi connectivity index (χ4n) is 2.23. The number of carbonyl (C=O) groups excluding carboxylic acids is 2. The Morgan fingerprint density at radius 1 is 1.08 bits per heavy atom. The van der Waals surface area contributed by atoms with E-state index in [2.05, 4.69) is 5.32 Å². The minimum atomic E-state index is -0.520. The number of carbonyl (C=O) groups is 2. The van der Waals surface area contributed by atoms with Crippen molar-refractivity contribution in [1.29, 1.82) is 0 Å². The van der Waals surface area contributed by atoms with E-state index in [0.717, 1.165) is 0 Å². The Morgan fingerprint density at radius 2 is 1.84 bits per heavy atom. The Balaban J connectivity index is 2.15. The van der Waals surface area contributed by atoms with Crippen molar-refractivity contribution in [3.63, 3.8) is 0 Å². The Bertz CT molecular complexity index is 813. The highest BCUT2D eigenvalue weighted by molar-refractivity contribution is 6.01. The zero-order valence-electron chi connectivity index (χ0n) is 14.2. The van der Waals surface area contributed by atoms with Crippen LogP contribution in [0.3, 0.4) is 0 Å². The van der Waals surface area contributed by atoms with E-state index in [1.807, 2.05) is 0 Å². The van der Waals surface area contributed by atoms with Gasteiger partial charge in [0.15, 0.2) is 5.75 Å². The number of nitrogens with zero attached hydrogens (tertiary/aromatic N) is 1. The lowest BCUT2D eigenvalue weighted by atomic mass is 10.2. The van der Waals surface area contributed by atoms with Gasteiger partial charge < -0.3 is 19.4 Å². The van der Waals surface area contributed by atoms with Crippen LogP contribution in [-0.2, 0) is 16.1 Å². The highest BCUT2D eigenvalue weighted by atomic mass is 16.5. The number of hydrogen-bond acceptors (Lipinski definition) is 5. The molecule has 0 aliphatic rings. The van der Waals surface area contributed by atoms with Crippen molar-refractivity contribution >= 4 is 17.6 Å². The van der Waals surface area contributed by atoms with Crippen molar-refractivity contribution in [2.24, 2.45) is 0 Å². The molecule has 0 atom stereocenters. The van der Waals surface area contributed by atoms with E-state index >= 15 is 0 Å². The number of pyridine rings is 1. The maximum absolute atomic E-state index is 12.3. The molecular weight excluding hydrogens is 324 g/mol. The molecule has 0 saturated heterocycles. The molecule has 0 unspecified atom stereocenters. The molecule has 0 bridgehead atoms. The molecule has 1 aromatic carbocycles. The van der Waals surface area contributed by atoms with Gasteiger partial charge in [-0.15, -0.1) is 0 Å². The average molecular weight is 344 g/mol. The number of aromatic nitrogens is 1. The average Bonchev–Trinajstić information content (AvgIpc) is 2.59. The largest absolute Gasteiger partial charge is 0.488 e. The summed E-state index contributed by atoms with van der Waals surface area (Å²) in [5.41, 5.74) is 0.200. The first kappa shape index (κ1) is 18.3. The molecule has 1 N–H and O–H groups in total. The van der Waals surface area contributed by atoms with Crippen molar-refractivity contribution in [3.05, 3.63) is 58.5 Å². The van der Waals surface area contributed by atoms with Crippen molar-refractivity contribution in [2.75, 3.05) is 18.5 Å². The topological polar surface area (TPSA) is 86.6 Å². The monoisotopic (exact) mass is 344 g/mol. The van der Waals surface area contributed by atoms with Crippen LogP contribution in [0.5, 0.6) is 5.75 Å². The molecule has 0 aliphatic carbocycles. The minimum absolute atomic E-state index is 0.185. The number of ether oxygens (including phenoxy) is 2. The number of anilines is 1. The van der Waals surface area contributed by atoms with E-state index in [1.165, 1.54) is 10.8 Å². The number of benzene rings is 1. The van der Waals surface area contributed by atoms with Crippen molar-refractivity contribution in [3.8, 4) is 5.75 Å². The molecule has 0 radical (unpaired) electrons. The molecule has 1 aromatic heterocycles. The first-order chi connectivity index (χ1) is 12.1. The van der Waals surface area contributed by atoms with Crippen LogP contribution in [0.2, 0.25) is 0 Å². The number of nitrogens with one attached hydrogen (secondary N) is 1. The fraction of sp³-hybridized carbons (Fsp3) is 0.278. The van der Waals surface area contributed by atoms with E-state index < -0.39 is 17.4 Å². The van der Waals surface area contributed by atoms with E-state index in [1.54, 1.807) is 50.2 Å². The quantitative estimate of drug-likeness (QED) is 0.777. The lowest BCUT2D eigenvalue weighted by Gasteiger charge is -2.12. The number of para-hydroxylation sites is 1. The van der Waals surface area contributed by atoms with E-state index in [0.29, 0.717) is 12.3 Å². The molecule has 25 heavy (non-hydrogen) atoms. The second kappa shape index (κ2) is 8.68. The van der Waals surface area contributed by atoms with Crippen LogP contribution in [0.1, 0.15) is 24.2 Å². The van der Waals surface area contributed by atoms with Crippen molar-refractivity contribution in [1.82, 2.24) is 4.57 Å². The van der Waals surface area contributed by atoms with Gasteiger partial charge in [0.2, 0.25) is 5.91 Å². The summed E-state index contributed by atoms with van der Waals surface area (Å²) < 4.78 is 11.4. The summed E-state index contributed by atoms with van der Waals surface area (Å²) in [5.74, 6) is -0.772. The molecule has 0 aliphatic heterocycles. The van der Waals surface area contributed by atoms with Crippen LogP contribution >= 0.6 is 0 Å². The Morgan fingerprint density at radius 3 is 2.56 bits per heavy atom. The summed E-state index contributed by atoms with van der Waals surface area (Å²) in [6.07, 6.45) is 1.50. The number of amides is 1. The second-order valence-electron chi connectivity index (χ2n) is 5.05. The van der Waals surface area contributed by atoms with Crippen LogP contribution in [0.4, 0.5) is 5.69 Å². The smallest absolute Gasteiger partial charge is 0.340 e. The van der Waals surface area contributed by atoms with E-state index in [4.69, 9.17) is 9.47 Å². The third-order valence-electron chi connectivity index (χ3n) is 3.30. The van der Waals surface area contributed by atoms with E-state index in [9.17, 15) is 14.4 Å². The van der Waals surface area contributed by atoms with Gasteiger partial charge in [-0.3, -0.25) is 9.59 Å². The third kappa shape index (κ3) is 4.69. The van der Waals surface area contributed by atoms with Crippen LogP contribution in [0, 0.1) is 0 Å². The van der Waals surface area contributed by atoms with Gasteiger partial charge in [-0.2, -0.15) is 0 Å². The zero-order chi connectivity index (χ0) is 18.2. The van der Waals surface area contributed by atoms with Gasteiger partial charge in [0.05, 0.1) is 24.5 Å². The minimum Gasteiger partial charge on any atom is -0.488 e. The summed E-state index contributed by atoms with van der Waals surface area (Å²) in [4.78, 5) is 36.4. The molecule has 0 spiro atoms. The molecule has 132 valence electrons. The first-order valence-electron chi connectivity index (χ1n) is 7.95. The Labute approximate surface area is 145 Å². The molecular formula is C18H20N2O5. The van der Waals surface area contributed by atoms with Gasteiger partial charge in [0.25, 0.3) is 5.56 Å². The molecule has 7 heteroatoms. The summed E-state index contributed by atoms with van der Waals surface area (Å²) in [6, 6.07) is 9.72. The zero-order valence-corrected chi connectivity index (χ0v) is 14.2. The molecule has 0 fully saturated rings. The molecule has 2 rings (SSSR count). The normalized spacial score (nSPS) is 10.2. The molecule has 1 amide bonds. The van der Waals surface area contributed by atoms with Crippen LogP contribution < -0.4 is 15.6 Å².